The number of halogens is 3. The largest absolute Gasteiger partial charge is 0.357 e. The molecule has 1 aliphatic heterocycles. The van der Waals surface area contributed by atoms with Gasteiger partial charge in [0.25, 0.3) is 0 Å². The fourth-order valence-electron chi connectivity index (χ4n) is 3.23. The summed E-state index contributed by atoms with van der Waals surface area (Å²) in [7, 11) is 0. The van der Waals surface area contributed by atoms with Crippen molar-refractivity contribution in [1.29, 1.82) is 0 Å². The molecule has 3 aromatic rings. The monoisotopic (exact) mass is 394 g/mol. The van der Waals surface area contributed by atoms with Gasteiger partial charge in [-0.15, -0.1) is 0 Å². The summed E-state index contributed by atoms with van der Waals surface area (Å²) in [5, 5.41) is 6.18. The fourth-order valence-corrected chi connectivity index (χ4v) is 4.21. The second-order valence-electron chi connectivity index (χ2n) is 5.48. The number of hydrogen-bond acceptors (Lipinski definition) is 1. The quantitative estimate of drug-likeness (QED) is 0.561. The SMILES string of the molecule is Clc1cccc(Cl)c1C1NCCc2c1[nH]c1ccc(Br)cc21. The maximum Gasteiger partial charge on any atom is 0.0761 e. The third-order valence-electron chi connectivity index (χ3n) is 4.20. The number of aromatic nitrogens is 1. The average molecular weight is 396 g/mol. The lowest BCUT2D eigenvalue weighted by Crippen LogP contribution is -2.30. The Morgan fingerprint density at radius 2 is 1.86 bits per heavy atom. The normalized spacial score (nSPS) is 17.7. The van der Waals surface area contributed by atoms with Crippen molar-refractivity contribution in [3.05, 3.63) is 67.7 Å². The summed E-state index contributed by atoms with van der Waals surface area (Å²) in [5.74, 6) is 0. The molecule has 2 nitrogen and oxygen atoms in total. The molecule has 112 valence electrons. The first-order chi connectivity index (χ1) is 10.6. The second-order valence-corrected chi connectivity index (χ2v) is 7.21. The van der Waals surface area contributed by atoms with Crippen molar-refractivity contribution in [2.75, 3.05) is 6.54 Å². The summed E-state index contributed by atoms with van der Waals surface area (Å²) in [5.41, 5.74) is 4.59. The van der Waals surface area contributed by atoms with Crippen molar-refractivity contribution < 1.29 is 0 Å². The Morgan fingerprint density at radius 3 is 2.64 bits per heavy atom. The number of hydrogen-bond donors (Lipinski definition) is 2. The molecule has 0 fully saturated rings. The standard InChI is InChI=1S/C17H13BrCl2N2/c18-9-4-5-14-11(8-9)10-6-7-21-17(16(10)22-14)15-12(19)2-1-3-13(15)20/h1-5,8,17,21-22H,6-7H2. The molecule has 0 amide bonds. The minimum Gasteiger partial charge on any atom is -0.357 e. The summed E-state index contributed by atoms with van der Waals surface area (Å²) in [4.78, 5) is 3.55. The van der Waals surface area contributed by atoms with Crippen molar-refractivity contribution in [3.63, 3.8) is 0 Å². The van der Waals surface area contributed by atoms with E-state index in [0.29, 0.717) is 10.0 Å². The molecular formula is C17H13BrCl2N2. The maximum absolute atomic E-state index is 6.41. The number of rotatable bonds is 1. The molecule has 2 aromatic carbocycles. The number of aromatic amines is 1. The average Bonchev–Trinajstić information content (AvgIpc) is 2.86. The maximum atomic E-state index is 6.41. The van der Waals surface area contributed by atoms with Crippen LogP contribution in [-0.2, 0) is 6.42 Å². The Labute approximate surface area is 146 Å². The van der Waals surface area contributed by atoms with Gasteiger partial charge in [0.05, 0.1) is 6.04 Å². The van der Waals surface area contributed by atoms with Gasteiger partial charge in [0.15, 0.2) is 0 Å². The minimum absolute atomic E-state index is 0.00359. The first-order valence-corrected chi connectivity index (χ1v) is 8.67. The molecule has 1 aromatic heterocycles. The first-order valence-electron chi connectivity index (χ1n) is 7.12. The van der Waals surface area contributed by atoms with Gasteiger partial charge in [-0.3, -0.25) is 0 Å². The molecule has 0 radical (unpaired) electrons. The number of benzene rings is 2. The third kappa shape index (κ3) is 2.28. The van der Waals surface area contributed by atoms with Crippen LogP contribution in [0, 0.1) is 0 Å². The number of H-pyrrole nitrogens is 1. The van der Waals surface area contributed by atoms with Gasteiger partial charge in [-0.25, -0.2) is 0 Å². The van der Waals surface area contributed by atoms with Crippen molar-refractivity contribution in [2.45, 2.75) is 12.5 Å². The summed E-state index contributed by atoms with van der Waals surface area (Å²) in [6.07, 6.45) is 0.990. The van der Waals surface area contributed by atoms with Gasteiger partial charge in [0, 0.05) is 43.2 Å². The van der Waals surface area contributed by atoms with Gasteiger partial charge < -0.3 is 10.3 Å². The number of fused-ring (bicyclic) bond motifs is 3. The van der Waals surface area contributed by atoms with Gasteiger partial charge in [0.2, 0.25) is 0 Å². The van der Waals surface area contributed by atoms with Gasteiger partial charge in [0.1, 0.15) is 0 Å². The molecule has 5 heteroatoms. The fraction of sp³-hybridized carbons (Fsp3) is 0.176. The van der Waals surface area contributed by atoms with Gasteiger partial charge in [-0.05, 0) is 42.3 Å². The highest BCUT2D eigenvalue weighted by molar-refractivity contribution is 9.10. The van der Waals surface area contributed by atoms with Crippen molar-refractivity contribution >= 4 is 50.0 Å². The molecule has 0 saturated heterocycles. The molecule has 4 rings (SSSR count). The summed E-state index contributed by atoms with van der Waals surface area (Å²) in [6.45, 7) is 0.901. The Morgan fingerprint density at radius 1 is 1.09 bits per heavy atom. The van der Waals surface area contributed by atoms with E-state index in [9.17, 15) is 0 Å². The highest BCUT2D eigenvalue weighted by atomic mass is 79.9. The van der Waals surface area contributed by atoms with Crippen LogP contribution in [0.5, 0.6) is 0 Å². The Kier molecular flexibility index (Phi) is 3.69. The zero-order chi connectivity index (χ0) is 15.3. The van der Waals surface area contributed by atoms with Crippen LogP contribution in [0.3, 0.4) is 0 Å². The lowest BCUT2D eigenvalue weighted by molar-refractivity contribution is 0.560. The summed E-state index contributed by atoms with van der Waals surface area (Å²) < 4.78 is 1.09. The Bertz CT molecular complexity index is 852. The molecule has 0 bridgehead atoms. The van der Waals surface area contributed by atoms with Crippen LogP contribution in [0.15, 0.2) is 40.9 Å². The lowest BCUT2D eigenvalue weighted by atomic mass is 9.94. The molecule has 22 heavy (non-hydrogen) atoms. The van der Waals surface area contributed by atoms with E-state index in [0.717, 1.165) is 34.2 Å². The van der Waals surface area contributed by atoms with Crippen LogP contribution in [0.4, 0.5) is 0 Å². The van der Waals surface area contributed by atoms with Gasteiger partial charge in [-0.2, -0.15) is 0 Å². The predicted octanol–water partition coefficient (Wildman–Crippen LogP) is 5.47. The van der Waals surface area contributed by atoms with Crippen LogP contribution in [0.2, 0.25) is 10.0 Å². The van der Waals surface area contributed by atoms with Crippen molar-refractivity contribution in [2.24, 2.45) is 0 Å². The predicted molar refractivity (Wildman–Crippen MR) is 96.0 cm³/mol. The van der Waals surface area contributed by atoms with Crippen LogP contribution < -0.4 is 5.32 Å². The van der Waals surface area contributed by atoms with E-state index in [2.05, 4.69) is 44.4 Å². The number of nitrogens with one attached hydrogen (secondary N) is 2. The minimum atomic E-state index is -0.00359. The zero-order valence-corrected chi connectivity index (χ0v) is 14.7. The highest BCUT2D eigenvalue weighted by Gasteiger charge is 2.28. The van der Waals surface area contributed by atoms with E-state index < -0.39 is 0 Å². The van der Waals surface area contributed by atoms with E-state index in [1.165, 1.54) is 10.9 Å². The van der Waals surface area contributed by atoms with Gasteiger partial charge >= 0.3 is 0 Å². The molecule has 2 heterocycles. The van der Waals surface area contributed by atoms with Crippen LogP contribution in [0.1, 0.15) is 22.9 Å². The van der Waals surface area contributed by atoms with E-state index in [1.807, 2.05) is 18.2 Å². The van der Waals surface area contributed by atoms with Gasteiger partial charge in [-0.1, -0.05) is 45.2 Å². The Hall–Kier alpha value is -1.00. The topological polar surface area (TPSA) is 27.8 Å². The molecule has 0 aliphatic carbocycles. The van der Waals surface area contributed by atoms with Crippen molar-refractivity contribution in [1.82, 2.24) is 10.3 Å². The molecule has 0 spiro atoms. The summed E-state index contributed by atoms with van der Waals surface area (Å²) >= 11 is 16.4. The van der Waals surface area contributed by atoms with E-state index in [4.69, 9.17) is 23.2 Å². The molecule has 1 atom stereocenters. The third-order valence-corrected chi connectivity index (χ3v) is 5.35. The zero-order valence-electron chi connectivity index (χ0n) is 11.6. The smallest absolute Gasteiger partial charge is 0.0761 e. The second kappa shape index (κ2) is 5.57. The van der Waals surface area contributed by atoms with E-state index in [1.54, 1.807) is 0 Å². The molecule has 0 saturated carbocycles. The highest BCUT2D eigenvalue weighted by Crippen LogP contribution is 2.39. The summed E-state index contributed by atoms with van der Waals surface area (Å²) in [6, 6.07) is 12.0. The van der Waals surface area contributed by atoms with E-state index >= 15 is 0 Å². The molecule has 1 unspecified atom stereocenters. The molecular weight excluding hydrogens is 383 g/mol. The lowest BCUT2D eigenvalue weighted by Gasteiger charge is -2.26. The first kappa shape index (κ1) is 14.6. The van der Waals surface area contributed by atoms with Crippen LogP contribution in [0.25, 0.3) is 10.9 Å². The molecule has 1 aliphatic rings. The van der Waals surface area contributed by atoms with Crippen molar-refractivity contribution in [3.8, 4) is 0 Å². The molecule has 2 N–H and O–H groups in total. The van der Waals surface area contributed by atoms with E-state index in [-0.39, 0.29) is 6.04 Å². The Balaban J connectivity index is 1.95. The van der Waals surface area contributed by atoms with Crippen LogP contribution in [-0.4, -0.2) is 11.5 Å². The van der Waals surface area contributed by atoms with Crippen LogP contribution >= 0.6 is 39.1 Å².